The molecule has 0 radical (unpaired) electrons. The van der Waals surface area contributed by atoms with Crippen molar-refractivity contribution >= 4 is 28.1 Å². The summed E-state index contributed by atoms with van der Waals surface area (Å²) in [5.74, 6) is 0.217. The summed E-state index contributed by atoms with van der Waals surface area (Å²) >= 11 is 0. The molecule has 1 N–H and O–H groups in total. The van der Waals surface area contributed by atoms with Crippen LogP contribution >= 0.6 is 0 Å². The van der Waals surface area contributed by atoms with Crippen LogP contribution < -0.4 is 4.90 Å². The minimum absolute atomic E-state index is 0.198. The molecular formula is C29H28N4O. The van der Waals surface area contributed by atoms with Crippen molar-refractivity contribution < 1.29 is 5.11 Å². The largest absolute Gasteiger partial charge is 0.505 e. The minimum atomic E-state index is -0.198. The van der Waals surface area contributed by atoms with Gasteiger partial charge >= 0.3 is 0 Å². The van der Waals surface area contributed by atoms with Crippen LogP contribution in [0.25, 0.3) is 16.7 Å². The van der Waals surface area contributed by atoms with Gasteiger partial charge in [0.1, 0.15) is 22.5 Å². The van der Waals surface area contributed by atoms with E-state index < -0.39 is 0 Å². The molecule has 5 nitrogen and oxygen atoms in total. The van der Waals surface area contributed by atoms with Crippen LogP contribution in [-0.4, -0.2) is 20.1 Å². The second-order valence-corrected chi connectivity index (χ2v) is 9.60. The Balaban J connectivity index is 1.63. The standard InChI is InChI=1S/C29H28N4O/c1-20-17-24(29(2,3)4)28(34)27(18-20)33-30-25-16-15-23(19-26(25)31-33)32(21-11-7-5-8-12-21)22-13-9-6-10-14-22/h5-19,34H,1-4H3. The summed E-state index contributed by atoms with van der Waals surface area (Å²) in [7, 11) is 0. The van der Waals surface area contributed by atoms with Crippen molar-refractivity contribution in [2.75, 3.05) is 4.90 Å². The van der Waals surface area contributed by atoms with Gasteiger partial charge in [0.25, 0.3) is 0 Å². The molecule has 0 spiro atoms. The molecule has 0 saturated heterocycles. The van der Waals surface area contributed by atoms with E-state index in [4.69, 9.17) is 5.10 Å². The first-order chi connectivity index (χ1) is 16.3. The molecule has 0 atom stereocenters. The molecular weight excluding hydrogens is 420 g/mol. The van der Waals surface area contributed by atoms with Gasteiger partial charge in [-0.25, -0.2) is 0 Å². The van der Waals surface area contributed by atoms with Crippen LogP contribution in [0.1, 0.15) is 31.9 Å². The first kappa shape index (κ1) is 21.7. The highest BCUT2D eigenvalue weighted by molar-refractivity contribution is 5.84. The molecule has 0 saturated carbocycles. The number of aromatic nitrogens is 3. The van der Waals surface area contributed by atoms with Gasteiger partial charge in [0, 0.05) is 22.6 Å². The number of aryl methyl sites for hydroxylation is 1. The molecule has 0 aliphatic carbocycles. The highest BCUT2D eigenvalue weighted by Crippen LogP contribution is 2.37. The molecule has 34 heavy (non-hydrogen) atoms. The fourth-order valence-electron chi connectivity index (χ4n) is 4.23. The third kappa shape index (κ3) is 4.01. The van der Waals surface area contributed by atoms with Gasteiger partial charge in [0.15, 0.2) is 0 Å². The van der Waals surface area contributed by atoms with Crippen molar-refractivity contribution in [2.45, 2.75) is 33.1 Å². The molecule has 0 aliphatic rings. The monoisotopic (exact) mass is 448 g/mol. The van der Waals surface area contributed by atoms with Gasteiger partial charge in [0.2, 0.25) is 0 Å². The number of fused-ring (bicyclic) bond motifs is 1. The van der Waals surface area contributed by atoms with Crippen LogP contribution in [-0.2, 0) is 5.41 Å². The van der Waals surface area contributed by atoms with Crippen LogP contribution in [0.15, 0.2) is 91.0 Å². The summed E-state index contributed by atoms with van der Waals surface area (Å²) < 4.78 is 0. The lowest BCUT2D eigenvalue weighted by atomic mass is 9.85. The number of phenolic OH excluding ortho intramolecular Hbond substituents is 1. The topological polar surface area (TPSA) is 54.2 Å². The van der Waals surface area contributed by atoms with E-state index in [9.17, 15) is 5.11 Å². The molecule has 0 bridgehead atoms. The molecule has 1 heterocycles. The molecule has 5 aromatic rings. The van der Waals surface area contributed by atoms with Gasteiger partial charge in [-0.15, -0.1) is 15.0 Å². The number of rotatable bonds is 4. The fraction of sp³-hybridized carbons (Fsp3) is 0.172. The van der Waals surface area contributed by atoms with Crippen molar-refractivity contribution in [2.24, 2.45) is 0 Å². The number of benzene rings is 4. The summed E-state index contributed by atoms with van der Waals surface area (Å²) in [6.07, 6.45) is 0. The summed E-state index contributed by atoms with van der Waals surface area (Å²) in [5.41, 5.74) is 6.96. The highest BCUT2D eigenvalue weighted by atomic mass is 16.3. The molecule has 0 fully saturated rings. The van der Waals surface area contributed by atoms with Crippen molar-refractivity contribution in [3.05, 3.63) is 102 Å². The van der Waals surface area contributed by atoms with E-state index in [1.807, 2.05) is 67.6 Å². The maximum absolute atomic E-state index is 11.1. The number of hydrogen-bond donors (Lipinski definition) is 1. The Kier molecular flexibility index (Phi) is 5.33. The SMILES string of the molecule is Cc1cc(-n2nc3ccc(N(c4ccccc4)c4ccccc4)cc3n2)c(O)c(C(C)(C)C)c1. The van der Waals surface area contributed by atoms with Gasteiger partial charge in [-0.2, -0.15) is 0 Å². The molecule has 5 heteroatoms. The third-order valence-corrected chi connectivity index (χ3v) is 5.91. The maximum atomic E-state index is 11.1. The van der Waals surface area contributed by atoms with E-state index in [1.54, 1.807) is 4.80 Å². The zero-order valence-electron chi connectivity index (χ0n) is 19.9. The number of para-hydroxylation sites is 2. The molecule has 1 aromatic heterocycles. The van der Waals surface area contributed by atoms with Gasteiger partial charge in [-0.05, 0) is 66.4 Å². The van der Waals surface area contributed by atoms with Crippen molar-refractivity contribution in [1.82, 2.24) is 15.0 Å². The Labute approximate surface area is 199 Å². The maximum Gasteiger partial charge on any atom is 0.146 e. The quantitative estimate of drug-likeness (QED) is 0.316. The summed E-state index contributed by atoms with van der Waals surface area (Å²) in [6, 6.07) is 30.5. The first-order valence-electron chi connectivity index (χ1n) is 11.4. The smallest absolute Gasteiger partial charge is 0.146 e. The number of hydrogen-bond acceptors (Lipinski definition) is 4. The number of anilines is 3. The third-order valence-electron chi connectivity index (χ3n) is 5.91. The normalized spacial score (nSPS) is 11.6. The lowest BCUT2D eigenvalue weighted by Crippen LogP contribution is -2.13. The lowest BCUT2D eigenvalue weighted by Gasteiger charge is -2.25. The zero-order chi connectivity index (χ0) is 23.9. The molecule has 0 amide bonds. The second-order valence-electron chi connectivity index (χ2n) is 9.60. The highest BCUT2D eigenvalue weighted by Gasteiger charge is 2.23. The molecule has 0 unspecified atom stereocenters. The zero-order valence-corrected chi connectivity index (χ0v) is 19.9. The summed E-state index contributed by atoms with van der Waals surface area (Å²) in [4.78, 5) is 3.74. The average molecular weight is 449 g/mol. The van der Waals surface area contributed by atoms with Gasteiger partial charge in [0.05, 0.1) is 0 Å². The predicted molar refractivity (Wildman–Crippen MR) is 139 cm³/mol. The van der Waals surface area contributed by atoms with E-state index in [0.29, 0.717) is 5.69 Å². The van der Waals surface area contributed by atoms with E-state index in [0.717, 1.165) is 39.2 Å². The van der Waals surface area contributed by atoms with E-state index in [2.05, 4.69) is 61.1 Å². The number of aromatic hydroxyl groups is 1. The Hall–Kier alpha value is -4.12. The van der Waals surface area contributed by atoms with Crippen molar-refractivity contribution in [3.63, 3.8) is 0 Å². The van der Waals surface area contributed by atoms with Crippen LogP contribution in [0.3, 0.4) is 0 Å². The van der Waals surface area contributed by atoms with Crippen LogP contribution in [0, 0.1) is 6.92 Å². The average Bonchev–Trinajstić information content (AvgIpc) is 3.24. The number of nitrogens with zero attached hydrogens (tertiary/aromatic N) is 4. The van der Waals surface area contributed by atoms with Crippen LogP contribution in [0.5, 0.6) is 5.75 Å². The van der Waals surface area contributed by atoms with Gasteiger partial charge in [-0.1, -0.05) is 63.2 Å². The summed E-state index contributed by atoms with van der Waals surface area (Å²) in [6.45, 7) is 8.29. The molecule has 4 aromatic carbocycles. The predicted octanol–water partition coefficient (Wildman–Crippen LogP) is 7.20. The van der Waals surface area contributed by atoms with Crippen LogP contribution in [0.4, 0.5) is 17.1 Å². The van der Waals surface area contributed by atoms with Gasteiger partial charge < -0.3 is 10.0 Å². The Bertz CT molecular complexity index is 1410. The molecule has 0 aliphatic heterocycles. The van der Waals surface area contributed by atoms with E-state index in [-0.39, 0.29) is 11.2 Å². The Morgan fingerprint density at radius 1 is 0.706 bits per heavy atom. The van der Waals surface area contributed by atoms with Crippen molar-refractivity contribution in [1.29, 1.82) is 0 Å². The van der Waals surface area contributed by atoms with E-state index >= 15 is 0 Å². The van der Waals surface area contributed by atoms with E-state index in [1.165, 1.54) is 0 Å². The minimum Gasteiger partial charge on any atom is -0.505 e. The Morgan fingerprint density at radius 2 is 1.29 bits per heavy atom. The van der Waals surface area contributed by atoms with Crippen molar-refractivity contribution in [3.8, 4) is 11.4 Å². The number of phenols is 1. The lowest BCUT2D eigenvalue weighted by molar-refractivity contribution is 0.440. The Morgan fingerprint density at radius 3 is 1.88 bits per heavy atom. The molecule has 5 rings (SSSR count). The van der Waals surface area contributed by atoms with Crippen LogP contribution in [0.2, 0.25) is 0 Å². The van der Waals surface area contributed by atoms with Gasteiger partial charge in [-0.3, -0.25) is 0 Å². The fourth-order valence-corrected chi connectivity index (χ4v) is 4.23. The molecule has 170 valence electrons. The summed E-state index contributed by atoms with van der Waals surface area (Å²) in [5, 5.41) is 20.5. The first-order valence-corrected chi connectivity index (χ1v) is 11.4. The second kappa shape index (κ2) is 8.34.